The zero-order valence-electron chi connectivity index (χ0n) is 11.8. The smallest absolute Gasteiger partial charge is 0.0785 e. The predicted octanol–water partition coefficient (Wildman–Crippen LogP) is 1.73. The zero-order chi connectivity index (χ0) is 13.1. The molecular weight excluding hydrogens is 217 g/mol. The number of nitrogens with zero attached hydrogens (tertiary/aromatic N) is 2. The van der Waals surface area contributed by atoms with Gasteiger partial charge in [-0.1, -0.05) is 19.3 Å². The molecule has 0 atom stereocenters. The molecule has 4 heteroatoms. The van der Waals surface area contributed by atoms with Crippen molar-refractivity contribution in [2.24, 2.45) is 5.73 Å². The highest BCUT2D eigenvalue weighted by Gasteiger charge is 2.23. The molecule has 3 nitrogen and oxygen atoms in total. The zero-order valence-corrected chi connectivity index (χ0v) is 11.8. The Balaban J connectivity index is 0.000000581. The van der Waals surface area contributed by atoms with E-state index in [2.05, 4.69) is 22.6 Å². The van der Waals surface area contributed by atoms with E-state index in [1.54, 1.807) is 0 Å². The highest BCUT2D eigenvalue weighted by Crippen LogP contribution is 2.23. The Morgan fingerprint density at radius 2 is 1.35 bits per heavy atom. The van der Waals surface area contributed by atoms with E-state index in [9.17, 15) is 4.39 Å². The fourth-order valence-electron chi connectivity index (χ4n) is 2.63. The molecule has 2 fully saturated rings. The van der Waals surface area contributed by atoms with Gasteiger partial charge in [-0.2, -0.15) is 0 Å². The second kappa shape index (κ2) is 10.9. The standard InChI is InChI=1S/C11H22N2.CH3F.CH5N/c1-12-7-9-13(10-8-12)11-5-3-2-4-6-11;2*1-2/h11H,2-10H2,1H3;1H3;2H2,1H3. The summed E-state index contributed by atoms with van der Waals surface area (Å²) < 4.78 is 9.50. The van der Waals surface area contributed by atoms with Crippen LogP contribution >= 0.6 is 0 Å². The minimum Gasteiger partial charge on any atom is -0.333 e. The molecule has 0 spiro atoms. The third kappa shape index (κ3) is 6.34. The summed E-state index contributed by atoms with van der Waals surface area (Å²) in [6.07, 6.45) is 7.34. The first-order chi connectivity index (χ1) is 8.36. The van der Waals surface area contributed by atoms with Crippen LogP contribution in [0.25, 0.3) is 0 Å². The molecule has 1 saturated heterocycles. The van der Waals surface area contributed by atoms with Crippen molar-refractivity contribution in [3.8, 4) is 0 Å². The van der Waals surface area contributed by atoms with E-state index in [0.29, 0.717) is 7.18 Å². The van der Waals surface area contributed by atoms with Gasteiger partial charge < -0.3 is 10.6 Å². The lowest BCUT2D eigenvalue weighted by atomic mass is 9.94. The third-order valence-electron chi connectivity index (χ3n) is 3.63. The van der Waals surface area contributed by atoms with Gasteiger partial charge in [0.25, 0.3) is 0 Å². The van der Waals surface area contributed by atoms with E-state index in [-0.39, 0.29) is 0 Å². The minimum absolute atomic E-state index is 0.500. The molecule has 1 heterocycles. The molecule has 104 valence electrons. The van der Waals surface area contributed by atoms with Crippen molar-refractivity contribution in [3.63, 3.8) is 0 Å². The van der Waals surface area contributed by atoms with Gasteiger partial charge in [-0.15, -0.1) is 0 Å². The Morgan fingerprint density at radius 1 is 0.882 bits per heavy atom. The third-order valence-corrected chi connectivity index (χ3v) is 3.63. The van der Waals surface area contributed by atoms with Crippen molar-refractivity contribution < 1.29 is 4.39 Å². The van der Waals surface area contributed by atoms with Gasteiger partial charge in [0.05, 0.1) is 7.18 Å². The molecule has 0 bridgehead atoms. The maximum atomic E-state index is 9.50. The Morgan fingerprint density at radius 3 is 1.82 bits per heavy atom. The first-order valence-corrected chi connectivity index (χ1v) is 6.74. The highest BCUT2D eigenvalue weighted by molar-refractivity contribution is 4.79. The van der Waals surface area contributed by atoms with Crippen LogP contribution in [0.5, 0.6) is 0 Å². The number of rotatable bonds is 1. The van der Waals surface area contributed by atoms with E-state index in [1.165, 1.54) is 65.3 Å². The van der Waals surface area contributed by atoms with Gasteiger partial charge in [0.15, 0.2) is 0 Å². The normalized spacial score (nSPS) is 23.1. The SMILES string of the molecule is CF.CN.CN1CCN(C2CCCCC2)CC1. The van der Waals surface area contributed by atoms with Gasteiger partial charge in [0, 0.05) is 32.2 Å². The molecule has 1 aliphatic carbocycles. The summed E-state index contributed by atoms with van der Waals surface area (Å²) in [5, 5.41) is 0. The molecule has 1 aliphatic heterocycles. The summed E-state index contributed by atoms with van der Waals surface area (Å²) in [4.78, 5) is 5.17. The largest absolute Gasteiger partial charge is 0.333 e. The molecule has 0 amide bonds. The fourth-order valence-corrected chi connectivity index (χ4v) is 2.63. The van der Waals surface area contributed by atoms with Crippen LogP contribution in [0.3, 0.4) is 0 Å². The molecule has 2 N–H and O–H groups in total. The van der Waals surface area contributed by atoms with E-state index in [1.807, 2.05) is 0 Å². The summed E-state index contributed by atoms with van der Waals surface area (Å²) in [5.74, 6) is 0. The van der Waals surface area contributed by atoms with E-state index < -0.39 is 0 Å². The second-order valence-electron chi connectivity index (χ2n) is 4.63. The monoisotopic (exact) mass is 247 g/mol. The van der Waals surface area contributed by atoms with E-state index >= 15 is 0 Å². The average molecular weight is 247 g/mol. The van der Waals surface area contributed by atoms with Crippen LogP contribution in [0.1, 0.15) is 32.1 Å². The van der Waals surface area contributed by atoms with Gasteiger partial charge in [0.2, 0.25) is 0 Å². The molecule has 2 rings (SSSR count). The van der Waals surface area contributed by atoms with Crippen LogP contribution in [0.2, 0.25) is 0 Å². The number of nitrogens with two attached hydrogens (primary N) is 1. The topological polar surface area (TPSA) is 32.5 Å². The van der Waals surface area contributed by atoms with Crippen LogP contribution in [0.15, 0.2) is 0 Å². The Bertz CT molecular complexity index is 153. The molecule has 2 aliphatic rings. The van der Waals surface area contributed by atoms with Crippen LogP contribution in [0.4, 0.5) is 4.39 Å². The lowest BCUT2D eigenvalue weighted by Crippen LogP contribution is -2.49. The molecule has 1 saturated carbocycles. The fraction of sp³-hybridized carbons (Fsp3) is 1.00. The summed E-state index contributed by atoms with van der Waals surface area (Å²) in [5.41, 5.74) is 4.50. The Kier molecular flexibility index (Phi) is 10.8. The predicted molar refractivity (Wildman–Crippen MR) is 73.1 cm³/mol. The van der Waals surface area contributed by atoms with Crippen LogP contribution < -0.4 is 5.73 Å². The lowest BCUT2D eigenvalue weighted by molar-refractivity contribution is 0.0913. The quantitative estimate of drug-likeness (QED) is 0.766. The maximum absolute atomic E-state index is 9.50. The van der Waals surface area contributed by atoms with Gasteiger partial charge >= 0.3 is 0 Å². The maximum Gasteiger partial charge on any atom is 0.0785 e. The molecule has 0 aromatic rings. The summed E-state index contributed by atoms with van der Waals surface area (Å²) >= 11 is 0. The Hall–Kier alpha value is -0.190. The van der Waals surface area contributed by atoms with Crippen LogP contribution in [-0.4, -0.2) is 63.3 Å². The van der Waals surface area contributed by atoms with Crippen molar-refractivity contribution in [1.29, 1.82) is 0 Å². The first kappa shape index (κ1) is 16.8. The van der Waals surface area contributed by atoms with Crippen LogP contribution in [-0.2, 0) is 0 Å². The molecular formula is C13H30FN3. The van der Waals surface area contributed by atoms with Gasteiger partial charge in [-0.3, -0.25) is 9.29 Å². The Labute approximate surface area is 106 Å². The number of halogens is 1. The van der Waals surface area contributed by atoms with Crippen molar-refractivity contribution in [2.75, 3.05) is 47.5 Å². The van der Waals surface area contributed by atoms with E-state index in [4.69, 9.17) is 0 Å². The lowest BCUT2D eigenvalue weighted by Gasteiger charge is -2.39. The number of likely N-dealkylation sites (N-methyl/N-ethyl adjacent to an activating group) is 1. The van der Waals surface area contributed by atoms with Crippen molar-refractivity contribution in [1.82, 2.24) is 9.80 Å². The molecule has 0 aromatic carbocycles. The number of hydrogen-bond acceptors (Lipinski definition) is 3. The van der Waals surface area contributed by atoms with Gasteiger partial charge in [0.1, 0.15) is 0 Å². The minimum atomic E-state index is 0.500. The number of piperazine rings is 1. The molecule has 0 radical (unpaired) electrons. The van der Waals surface area contributed by atoms with Crippen molar-refractivity contribution in [3.05, 3.63) is 0 Å². The van der Waals surface area contributed by atoms with Gasteiger partial charge in [-0.05, 0) is 26.9 Å². The van der Waals surface area contributed by atoms with Crippen molar-refractivity contribution in [2.45, 2.75) is 38.1 Å². The number of hydrogen-bond donors (Lipinski definition) is 1. The average Bonchev–Trinajstić information content (AvgIpc) is 2.45. The highest BCUT2D eigenvalue weighted by atomic mass is 19.1. The first-order valence-electron chi connectivity index (χ1n) is 6.74. The number of alkyl halides is 1. The van der Waals surface area contributed by atoms with E-state index in [0.717, 1.165) is 6.04 Å². The second-order valence-corrected chi connectivity index (χ2v) is 4.63. The molecule has 0 aromatic heterocycles. The summed E-state index contributed by atoms with van der Waals surface area (Å²) in [7, 11) is 4.23. The molecule has 17 heavy (non-hydrogen) atoms. The van der Waals surface area contributed by atoms with Gasteiger partial charge in [-0.25, -0.2) is 0 Å². The summed E-state index contributed by atoms with van der Waals surface area (Å²) in [6.45, 7) is 5.16. The summed E-state index contributed by atoms with van der Waals surface area (Å²) in [6, 6.07) is 0.933. The molecule has 0 unspecified atom stereocenters. The van der Waals surface area contributed by atoms with Crippen LogP contribution in [0, 0.1) is 0 Å². The van der Waals surface area contributed by atoms with Crippen molar-refractivity contribution >= 4 is 0 Å².